The van der Waals surface area contributed by atoms with Crippen molar-refractivity contribution in [1.29, 1.82) is 5.26 Å². The molecule has 27 heavy (non-hydrogen) atoms. The van der Waals surface area contributed by atoms with Crippen molar-refractivity contribution in [3.8, 4) is 6.07 Å². The Bertz CT molecular complexity index is 952. The van der Waals surface area contributed by atoms with Gasteiger partial charge in [-0.15, -0.1) is 11.3 Å². The van der Waals surface area contributed by atoms with Gasteiger partial charge in [0.05, 0.1) is 22.0 Å². The Morgan fingerprint density at radius 3 is 2.52 bits per heavy atom. The second kappa shape index (κ2) is 8.39. The van der Waals surface area contributed by atoms with Gasteiger partial charge in [-0.1, -0.05) is 12.1 Å². The number of aliphatic carboxylic acids is 1. The Morgan fingerprint density at radius 2 is 1.96 bits per heavy atom. The topological polar surface area (TPSA) is 138 Å². The Labute approximate surface area is 154 Å². The molecule has 0 aliphatic rings. The SMILES string of the molecule is N#CC(c1ccnc(NN)n1)c1nc2ccccc2s1.O=C(O)C(F)(F)F. The molecule has 2 aromatic heterocycles. The van der Waals surface area contributed by atoms with Gasteiger partial charge in [0.15, 0.2) is 0 Å². The van der Waals surface area contributed by atoms with Gasteiger partial charge in [0.1, 0.15) is 10.9 Å². The fraction of sp³-hybridized carbons (Fsp3) is 0.133. The van der Waals surface area contributed by atoms with Gasteiger partial charge in [-0.2, -0.15) is 18.4 Å². The number of thiazole rings is 1. The van der Waals surface area contributed by atoms with Crippen LogP contribution in [0.2, 0.25) is 0 Å². The minimum absolute atomic E-state index is 0.281. The molecule has 1 atom stereocenters. The molecule has 1 unspecified atom stereocenters. The third kappa shape index (κ3) is 5.09. The van der Waals surface area contributed by atoms with Crippen LogP contribution >= 0.6 is 11.3 Å². The molecule has 3 aromatic rings. The summed E-state index contributed by atoms with van der Waals surface area (Å²) in [7, 11) is 0. The summed E-state index contributed by atoms with van der Waals surface area (Å²) in [5, 5.41) is 17.3. The number of nitrogens with zero attached hydrogens (tertiary/aromatic N) is 4. The summed E-state index contributed by atoms with van der Waals surface area (Å²) in [4.78, 5) is 21.5. The van der Waals surface area contributed by atoms with E-state index in [1.165, 1.54) is 11.3 Å². The first-order chi connectivity index (χ1) is 12.8. The maximum atomic E-state index is 10.6. The van der Waals surface area contributed by atoms with Gasteiger partial charge in [-0.3, -0.25) is 5.43 Å². The number of hydrogen-bond donors (Lipinski definition) is 3. The van der Waals surface area contributed by atoms with Crippen molar-refractivity contribution >= 4 is 33.5 Å². The van der Waals surface area contributed by atoms with Crippen molar-refractivity contribution < 1.29 is 23.1 Å². The zero-order valence-electron chi connectivity index (χ0n) is 13.3. The van der Waals surface area contributed by atoms with Gasteiger partial charge in [0.2, 0.25) is 5.95 Å². The number of hydrogen-bond acceptors (Lipinski definition) is 8. The number of nitrogen functional groups attached to an aromatic ring is 1. The first-order valence-corrected chi connectivity index (χ1v) is 7.92. The maximum absolute atomic E-state index is 10.6. The molecule has 0 aliphatic carbocycles. The molecule has 0 fully saturated rings. The Balaban J connectivity index is 0.000000321. The number of benzene rings is 1. The number of para-hydroxylation sites is 1. The number of carbonyl (C=O) groups is 1. The highest BCUT2D eigenvalue weighted by atomic mass is 32.1. The number of nitrogens with two attached hydrogens (primary N) is 1. The average Bonchev–Trinajstić information content (AvgIpc) is 3.06. The molecule has 0 saturated carbocycles. The summed E-state index contributed by atoms with van der Waals surface area (Å²) in [5.74, 6) is 2.29. The van der Waals surface area contributed by atoms with Gasteiger partial charge < -0.3 is 5.11 Å². The zero-order valence-corrected chi connectivity index (χ0v) is 14.1. The van der Waals surface area contributed by atoms with Crippen molar-refractivity contribution in [3.05, 3.63) is 47.2 Å². The van der Waals surface area contributed by atoms with Crippen LogP contribution in [0.15, 0.2) is 36.5 Å². The second-order valence-electron chi connectivity index (χ2n) is 4.83. The molecule has 8 nitrogen and oxygen atoms in total. The average molecular weight is 396 g/mol. The predicted octanol–water partition coefficient (Wildman–Crippen LogP) is 2.66. The monoisotopic (exact) mass is 396 g/mol. The molecule has 2 heterocycles. The highest BCUT2D eigenvalue weighted by Crippen LogP contribution is 2.30. The fourth-order valence-corrected chi connectivity index (χ4v) is 2.89. The summed E-state index contributed by atoms with van der Waals surface area (Å²) in [5.41, 5.74) is 3.84. The number of rotatable bonds is 3. The number of carboxylic acid groups (broad SMARTS) is 1. The van der Waals surface area contributed by atoms with Gasteiger partial charge >= 0.3 is 12.1 Å². The number of nitrogens with one attached hydrogen (secondary N) is 1. The van der Waals surface area contributed by atoms with E-state index in [1.807, 2.05) is 24.3 Å². The molecule has 1 aromatic carbocycles. The molecular weight excluding hydrogens is 385 g/mol. The quantitative estimate of drug-likeness (QED) is 0.454. The highest BCUT2D eigenvalue weighted by Gasteiger charge is 2.38. The lowest BCUT2D eigenvalue weighted by Gasteiger charge is -2.06. The van der Waals surface area contributed by atoms with Crippen molar-refractivity contribution in [3.63, 3.8) is 0 Å². The molecule has 0 bridgehead atoms. The van der Waals surface area contributed by atoms with E-state index < -0.39 is 18.1 Å². The summed E-state index contributed by atoms with van der Waals surface area (Å²) in [6, 6.07) is 11.7. The molecule has 140 valence electrons. The van der Waals surface area contributed by atoms with Crippen molar-refractivity contribution in [2.24, 2.45) is 5.84 Å². The van der Waals surface area contributed by atoms with Gasteiger partial charge in [0.25, 0.3) is 0 Å². The number of alkyl halides is 3. The first-order valence-electron chi connectivity index (χ1n) is 7.11. The Kier molecular flexibility index (Phi) is 6.22. The predicted molar refractivity (Wildman–Crippen MR) is 90.6 cm³/mol. The van der Waals surface area contributed by atoms with Crippen molar-refractivity contribution in [1.82, 2.24) is 15.0 Å². The number of hydrazine groups is 1. The molecule has 3 rings (SSSR count). The van der Waals surface area contributed by atoms with E-state index in [9.17, 15) is 18.4 Å². The number of nitriles is 1. The van der Waals surface area contributed by atoms with Gasteiger partial charge in [0, 0.05) is 6.20 Å². The van der Waals surface area contributed by atoms with E-state index in [0.29, 0.717) is 5.69 Å². The van der Waals surface area contributed by atoms with Crippen LogP contribution < -0.4 is 11.3 Å². The van der Waals surface area contributed by atoms with Crippen molar-refractivity contribution in [2.45, 2.75) is 12.1 Å². The van der Waals surface area contributed by atoms with E-state index >= 15 is 0 Å². The van der Waals surface area contributed by atoms with Crippen LogP contribution in [0.1, 0.15) is 16.6 Å². The van der Waals surface area contributed by atoms with E-state index in [-0.39, 0.29) is 5.95 Å². The van der Waals surface area contributed by atoms with Crippen molar-refractivity contribution in [2.75, 3.05) is 5.43 Å². The van der Waals surface area contributed by atoms with Crippen LogP contribution in [-0.4, -0.2) is 32.2 Å². The lowest BCUT2D eigenvalue weighted by molar-refractivity contribution is -0.192. The smallest absolute Gasteiger partial charge is 0.475 e. The van der Waals surface area contributed by atoms with Crippen LogP contribution in [0.25, 0.3) is 10.2 Å². The van der Waals surface area contributed by atoms with E-state index in [0.717, 1.165) is 15.2 Å². The Hall–Kier alpha value is -3.30. The number of aromatic nitrogens is 3. The summed E-state index contributed by atoms with van der Waals surface area (Å²) < 4.78 is 32.8. The third-order valence-corrected chi connectivity index (χ3v) is 4.13. The normalized spacial score (nSPS) is 11.8. The molecule has 12 heteroatoms. The summed E-state index contributed by atoms with van der Waals surface area (Å²) in [6.45, 7) is 0. The largest absolute Gasteiger partial charge is 0.490 e. The molecule has 0 radical (unpaired) electrons. The van der Waals surface area contributed by atoms with Crippen LogP contribution in [0, 0.1) is 11.3 Å². The molecule has 0 amide bonds. The maximum Gasteiger partial charge on any atom is 0.490 e. The Morgan fingerprint density at radius 1 is 1.30 bits per heavy atom. The van der Waals surface area contributed by atoms with Crippen LogP contribution in [0.4, 0.5) is 19.1 Å². The van der Waals surface area contributed by atoms with Gasteiger partial charge in [-0.05, 0) is 18.2 Å². The van der Waals surface area contributed by atoms with Crippen LogP contribution in [-0.2, 0) is 4.79 Å². The number of fused-ring (bicyclic) bond motifs is 1. The molecule has 0 saturated heterocycles. The van der Waals surface area contributed by atoms with E-state index in [1.54, 1.807) is 12.3 Å². The standard InChI is InChI=1S/C13H10N6S.C2HF3O2/c14-7-8(9-5-6-16-13(18-9)19-15)12-17-10-3-1-2-4-11(10)20-12;3-2(4,5)1(6)7/h1-6,8H,15H2,(H,16,18,19);(H,6,7). The van der Waals surface area contributed by atoms with E-state index in [4.69, 9.17) is 15.7 Å². The molecule has 0 spiro atoms. The zero-order chi connectivity index (χ0) is 20.0. The van der Waals surface area contributed by atoms with Gasteiger partial charge in [-0.25, -0.2) is 25.6 Å². The third-order valence-electron chi connectivity index (χ3n) is 3.03. The minimum atomic E-state index is -5.08. The highest BCUT2D eigenvalue weighted by molar-refractivity contribution is 7.18. The second-order valence-corrected chi connectivity index (χ2v) is 5.90. The first kappa shape index (κ1) is 20.0. The number of halogens is 3. The fourth-order valence-electron chi connectivity index (χ4n) is 1.86. The van der Waals surface area contributed by atoms with Crippen LogP contribution in [0.3, 0.4) is 0 Å². The van der Waals surface area contributed by atoms with E-state index in [2.05, 4.69) is 26.4 Å². The molecular formula is C15H11F3N6O2S. The molecule has 4 N–H and O–H groups in total. The number of anilines is 1. The minimum Gasteiger partial charge on any atom is -0.475 e. The molecule has 0 aliphatic heterocycles. The summed E-state index contributed by atoms with van der Waals surface area (Å²) >= 11 is 1.49. The lowest BCUT2D eigenvalue weighted by Crippen LogP contribution is -2.21. The van der Waals surface area contributed by atoms with Crippen LogP contribution in [0.5, 0.6) is 0 Å². The number of carboxylic acids is 1. The summed E-state index contributed by atoms with van der Waals surface area (Å²) in [6.07, 6.45) is -3.52. The lowest BCUT2D eigenvalue weighted by atomic mass is 10.1.